The van der Waals surface area contributed by atoms with Crippen LogP contribution >= 0.6 is 31.9 Å². The summed E-state index contributed by atoms with van der Waals surface area (Å²) in [4.78, 5) is 12.2. The van der Waals surface area contributed by atoms with Crippen molar-refractivity contribution in [3.8, 4) is 0 Å². The Morgan fingerprint density at radius 3 is 2.45 bits per heavy atom. The van der Waals surface area contributed by atoms with Crippen LogP contribution in [-0.2, 0) is 0 Å². The average Bonchev–Trinajstić information content (AvgIpc) is 2.42. The first-order valence-electron chi connectivity index (χ1n) is 5.99. The molecule has 0 bridgehead atoms. The molecule has 1 amide bonds. The highest BCUT2D eigenvalue weighted by Crippen LogP contribution is 2.22. The Bertz CT molecular complexity index is 628. The minimum Gasteiger partial charge on any atom is -0.345 e. The lowest BCUT2D eigenvalue weighted by atomic mass is 10.1. The van der Waals surface area contributed by atoms with Gasteiger partial charge in [0, 0.05) is 4.47 Å². The monoisotopic (exact) mass is 399 g/mol. The fourth-order valence-electron chi connectivity index (χ4n) is 1.79. The predicted molar refractivity (Wildman–Crippen MR) is 84.1 cm³/mol. The summed E-state index contributed by atoms with van der Waals surface area (Å²) in [5, 5.41) is 2.85. The Hall–Kier alpha value is -1.20. The first-order valence-corrected chi connectivity index (χ1v) is 7.58. The van der Waals surface area contributed by atoms with E-state index in [0.717, 1.165) is 10.0 Å². The number of hydrogen-bond acceptors (Lipinski definition) is 1. The molecule has 0 unspecified atom stereocenters. The van der Waals surface area contributed by atoms with Crippen LogP contribution < -0.4 is 5.32 Å². The quantitative estimate of drug-likeness (QED) is 0.784. The minimum atomic E-state index is -0.450. The van der Waals surface area contributed by atoms with Gasteiger partial charge in [-0.1, -0.05) is 34.1 Å². The fraction of sp³-hybridized carbons (Fsp3) is 0.133. The third-order valence-electron chi connectivity index (χ3n) is 2.91. The topological polar surface area (TPSA) is 29.1 Å². The summed E-state index contributed by atoms with van der Waals surface area (Å²) in [6, 6.07) is 11.9. The maximum atomic E-state index is 13.4. The molecule has 2 aromatic carbocycles. The van der Waals surface area contributed by atoms with Gasteiger partial charge in [0.2, 0.25) is 0 Å². The Morgan fingerprint density at radius 1 is 1.15 bits per heavy atom. The van der Waals surface area contributed by atoms with Gasteiger partial charge in [0.1, 0.15) is 5.82 Å². The van der Waals surface area contributed by atoms with Crippen LogP contribution in [0.4, 0.5) is 4.39 Å². The summed E-state index contributed by atoms with van der Waals surface area (Å²) >= 11 is 6.46. The van der Waals surface area contributed by atoms with Crippen molar-refractivity contribution >= 4 is 37.8 Å². The SMILES string of the molecule is C[C@H](NC(=O)c1cccc(F)c1Br)c1ccc(Br)cc1. The predicted octanol–water partition coefficient (Wildman–Crippen LogP) is 4.84. The molecule has 0 fully saturated rings. The molecule has 20 heavy (non-hydrogen) atoms. The zero-order valence-electron chi connectivity index (χ0n) is 10.7. The van der Waals surface area contributed by atoms with Crippen molar-refractivity contribution < 1.29 is 9.18 Å². The molecule has 0 spiro atoms. The van der Waals surface area contributed by atoms with Gasteiger partial charge in [-0.05, 0) is 52.7 Å². The van der Waals surface area contributed by atoms with Gasteiger partial charge in [0.25, 0.3) is 5.91 Å². The fourth-order valence-corrected chi connectivity index (χ4v) is 2.50. The number of carbonyl (C=O) groups excluding carboxylic acids is 1. The highest BCUT2D eigenvalue weighted by Gasteiger charge is 2.15. The Labute approximate surface area is 133 Å². The van der Waals surface area contributed by atoms with E-state index < -0.39 is 5.82 Å². The number of halogens is 3. The number of benzene rings is 2. The standard InChI is InChI=1S/C15H12Br2FNO/c1-9(10-5-7-11(16)8-6-10)19-15(20)12-3-2-4-13(18)14(12)17/h2-9H,1H3,(H,19,20)/t9-/m0/s1. The average molecular weight is 401 g/mol. The molecule has 0 aliphatic carbocycles. The van der Waals surface area contributed by atoms with Crippen LogP contribution in [0.2, 0.25) is 0 Å². The van der Waals surface area contributed by atoms with E-state index >= 15 is 0 Å². The molecule has 0 aliphatic rings. The van der Waals surface area contributed by atoms with Gasteiger partial charge in [-0.15, -0.1) is 0 Å². The second-order valence-corrected chi connectivity index (χ2v) is 6.06. The molecule has 0 saturated carbocycles. The lowest BCUT2D eigenvalue weighted by Gasteiger charge is -2.15. The van der Waals surface area contributed by atoms with E-state index in [2.05, 4.69) is 37.2 Å². The van der Waals surface area contributed by atoms with Crippen LogP contribution in [0.3, 0.4) is 0 Å². The zero-order chi connectivity index (χ0) is 14.7. The second-order valence-electron chi connectivity index (χ2n) is 4.35. The number of rotatable bonds is 3. The van der Waals surface area contributed by atoms with Crippen molar-refractivity contribution in [2.24, 2.45) is 0 Å². The van der Waals surface area contributed by atoms with Crippen molar-refractivity contribution in [2.75, 3.05) is 0 Å². The van der Waals surface area contributed by atoms with Crippen molar-refractivity contribution in [3.63, 3.8) is 0 Å². The highest BCUT2D eigenvalue weighted by molar-refractivity contribution is 9.10. The van der Waals surface area contributed by atoms with Gasteiger partial charge in [-0.25, -0.2) is 4.39 Å². The van der Waals surface area contributed by atoms with E-state index in [1.807, 2.05) is 31.2 Å². The normalized spacial score (nSPS) is 12.0. The van der Waals surface area contributed by atoms with E-state index in [-0.39, 0.29) is 22.0 Å². The minimum absolute atomic E-state index is 0.161. The molecule has 0 radical (unpaired) electrons. The lowest BCUT2D eigenvalue weighted by molar-refractivity contribution is 0.0938. The van der Waals surface area contributed by atoms with Crippen molar-refractivity contribution in [1.82, 2.24) is 5.32 Å². The summed E-state index contributed by atoms with van der Waals surface area (Å²) in [5.74, 6) is -0.763. The smallest absolute Gasteiger partial charge is 0.253 e. The zero-order valence-corrected chi connectivity index (χ0v) is 13.8. The second kappa shape index (κ2) is 6.50. The van der Waals surface area contributed by atoms with Crippen LogP contribution in [0.25, 0.3) is 0 Å². The molecular formula is C15H12Br2FNO. The van der Waals surface area contributed by atoms with E-state index in [9.17, 15) is 9.18 Å². The van der Waals surface area contributed by atoms with Crippen LogP contribution in [-0.4, -0.2) is 5.91 Å². The molecule has 0 saturated heterocycles. The van der Waals surface area contributed by atoms with Gasteiger partial charge in [0.05, 0.1) is 16.1 Å². The Balaban J connectivity index is 2.15. The molecule has 104 valence electrons. The summed E-state index contributed by atoms with van der Waals surface area (Å²) in [7, 11) is 0. The first kappa shape index (κ1) is 15.2. The molecule has 1 N–H and O–H groups in total. The van der Waals surface area contributed by atoms with Crippen LogP contribution in [0.5, 0.6) is 0 Å². The molecule has 5 heteroatoms. The van der Waals surface area contributed by atoms with Crippen LogP contribution in [0.1, 0.15) is 28.9 Å². The van der Waals surface area contributed by atoms with E-state index in [1.54, 1.807) is 6.07 Å². The molecule has 0 aliphatic heterocycles. The Kier molecular flexibility index (Phi) is 4.94. The van der Waals surface area contributed by atoms with E-state index in [4.69, 9.17) is 0 Å². The summed E-state index contributed by atoms with van der Waals surface area (Å²) < 4.78 is 14.6. The van der Waals surface area contributed by atoms with E-state index in [1.165, 1.54) is 12.1 Å². The van der Waals surface area contributed by atoms with Crippen molar-refractivity contribution in [1.29, 1.82) is 0 Å². The molecule has 0 aromatic heterocycles. The molecule has 2 nitrogen and oxygen atoms in total. The molecular weight excluding hydrogens is 389 g/mol. The maximum Gasteiger partial charge on any atom is 0.253 e. The van der Waals surface area contributed by atoms with Gasteiger partial charge in [-0.3, -0.25) is 4.79 Å². The Morgan fingerprint density at radius 2 is 1.80 bits per heavy atom. The molecule has 2 aromatic rings. The molecule has 2 rings (SSSR count). The third-order valence-corrected chi connectivity index (χ3v) is 4.25. The van der Waals surface area contributed by atoms with Gasteiger partial charge in [-0.2, -0.15) is 0 Å². The van der Waals surface area contributed by atoms with E-state index in [0.29, 0.717) is 0 Å². The third kappa shape index (κ3) is 3.46. The number of nitrogens with one attached hydrogen (secondary N) is 1. The van der Waals surface area contributed by atoms with Crippen molar-refractivity contribution in [3.05, 3.63) is 68.4 Å². The largest absolute Gasteiger partial charge is 0.345 e. The van der Waals surface area contributed by atoms with Gasteiger partial charge in [0.15, 0.2) is 0 Å². The summed E-state index contributed by atoms with van der Waals surface area (Å²) in [6.07, 6.45) is 0. The summed E-state index contributed by atoms with van der Waals surface area (Å²) in [5.41, 5.74) is 1.27. The first-order chi connectivity index (χ1) is 9.49. The van der Waals surface area contributed by atoms with Gasteiger partial charge < -0.3 is 5.32 Å². The molecule has 1 atom stereocenters. The number of hydrogen-bond donors (Lipinski definition) is 1. The van der Waals surface area contributed by atoms with Crippen LogP contribution in [0.15, 0.2) is 51.4 Å². The summed E-state index contributed by atoms with van der Waals surface area (Å²) in [6.45, 7) is 1.88. The van der Waals surface area contributed by atoms with Gasteiger partial charge >= 0.3 is 0 Å². The lowest BCUT2D eigenvalue weighted by Crippen LogP contribution is -2.27. The van der Waals surface area contributed by atoms with Crippen molar-refractivity contribution in [2.45, 2.75) is 13.0 Å². The molecule has 0 heterocycles. The number of amides is 1. The maximum absolute atomic E-state index is 13.4. The highest BCUT2D eigenvalue weighted by atomic mass is 79.9. The van der Waals surface area contributed by atoms with Crippen LogP contribution in [0, 0.1) is 5.82 Å². The number of carbonyl (C=O) groups is 1.